The molecule has 4 aromatic rings. The van der Waals surface area contributed by atoms with Crippen LogP contribution < -0.4 is 9.62 Å². The van der Waals surface area contributed by atoms with E-state index in [2.05, 4.69) is 33.4 Å². The van der Waals surface area contributed by atoms with Gasteiger partial charge in [-0.1, -0.05) is 35.4 Å². The Morgan fingerprint density at radius 1 is 1.00 bits per heavy atom. The molecule has 0 aliphatic rings. The van der Waals surface area contributed by atoms with Crippen molar-refractivity contribution in [2.75, 3.05) is 18.0 Å². The molecule has 0 bridgehead atoms. The van der Waals surface area contributed by atoms with E-state index >= 15 is 0 Å². The van der Waals surface area contributed by atoms with Gasteiger partial charge < -0.3 is 9.47 Å². The van der Waals surface area contributed by atoms with Crippen molar-refractivity contribution in [1.29, 1.82) is 0 Å². The number of pyridine rings is 1. The van der Waals surface area contributed by atoms with Gasteiger partial charge in [-0.15, -0.1) is 0 Å². The van der Waals surface area contributed by atoms with Crippen molar-refractivity contribution in [2.24, 2.45) is 0 Å². The SMILES string of the molecule is CCN(CC)c1ccc(Cn2c(C)nc3ccc(C(=O)NS(=O)(=O)c4ccc(C)cc4)nc32)c(Cl)c1. The number of nitrogens with one attached hydrogen (secondary N) is 1. The van der Waals surface area contributed by atoms with Crippen LogP contribution in [-0.4, -0.2) is 41.9 Å². The van der Waals surface area contributed by atoms with E-state index in [1.54, 1.807) is 18.2 Å². The number of rotatable bonds is 8. The molecule has 0 spiro atoms. The van der Waals surface area contributed by atoms with E-state index in [-0.39, 0.29) is 10.6 Å². The third-order valence-corrected chi connectivity index (χ3v) is 7.77. The number of anilines is 1. The molecule has 0 saturated carbocycles. The van der Waals surface area contributed by atoms with Crippen LogP contribution in [0.4, 0.5) is 5.69 Å². The monoisotopic (exact) mass is 525 g/mol. The summed E-state index contributed by atoms with van der Waals surface area (Å²) in [6, 6.07) is 15.3. The van der Waals surface area contributed by atoms with E-state index in [4.69, 9.17) is 11.6 Å². The Kier molecular flexibility index (Phi) is 7.33. The molecule has 2 aromatic heterocycles. The summed E-state index contributed by atoms with van der Waals surface area (Å²) in [5.41, 5.74) is 3.89. The third kappa shape index (κ3) is 5.22. The van der Waals surface area contributed by atoms with Gasteiger partial charge in [-0.05, 0) is 69.7 Å². The Balaban J connectivity index is 1.63. The summed E-state index contributed by atoms with van der Waals surface area (Å²) < 4.78 is 29.3. The number of nitrogens with zero attached hydrogens (tertiary/aromatic N) is 4. The highest BCUT2D eigenvalue weighted by Crippen LogP contribution is 2.26. The van der Waals surface area contributed by atoms with Crippen molar-refractivity contribution in [2.45, 2.75) is 39.1 Å². The molecular weight excluding hydrogens is 498 g/mol. The van der Waals surface area contributed by atoms with Crippen LogP contribution in [0, 0.1) is 13.8 Å². The van der Waals surface area contributed by atoms with Crippen molar-refractivity contribution in [1.82, 2.24) is 19.3 Å². The molecule has 10 heteroatoms. The van der Waals surface area contributed by atoms with Crippen molar-refractivity contribution in [3.05, 3.63) is 82.3 Å². The lowest BCUT2D eigenvalue weighted by Gasteiger charge is -2.22. The Hall–Kier alpha value is -3.43. The van der Waals surface area contributed by atoms with E-state index in [0.717, 1.165) is 29.9 Å². The highest BCUT2D eigenvalue weighted by atomic mass is 35.5. The van der Waals surface area contributed by atoms with Gasteiger partial charge in [-0.3, -0.25) is 4.79 Å². The first-order valence-electron chi connectivity index (χ1n) is 11.6. The first kappa shape index (κ1) is 25.7. The number of imidazole rings is 1. The highest BCUT2D eigenvalue weighted by molar-refractivity contribution is 7.90. The van der Waals surface area contributed by atoms with Gasteiger partial charge in [0.1, 0.15) is 17.0 Å². The summed E-state index contributed by atoms with van der Waals surface area (Å²) in [7, 11) is -4.04. The molecule has 0 aliphatic carbocycles. The fraction of sp³-hybridized carbons (Fsp3) is 0.269. The molecule has 8 nitrogen and oxygen atoms in total. The van der Waals surface area contributed by atoms with Crippen molar-refractivity contribution in [3.63, 3.8) is 0 Å². The largest absolute Gasteiger partial charge is 0.372 e. The molecule has 2 aromatic carbocycles. The van der Waals surface area contributed by atoms with Crippen LogP contribution in [-0.2, 0) is 16.6 Å². The minimum atomic E-state index is -4.04. The molecule has 0 atom stereocenters. The average Bonchev–Trinajstić information content (AvgIpc) is 3.15. The zero-order valence-corrected chi connectivity index (χ0v) is 22.2. The smallest absolute Gasteiger partial charge is 0.283 e. The number of halogens is 1. The molecule has 2 heterocycles. The average molecular weight is 526 g/mol. The van der Waals surface area contributed by atoms with Gasteiger partial charge in [-0.25, -0.2) is 23.1 Å². The predicted molar refractivity (Wildman–Crippen MR) is 142 cm³/mol. The van der Waals surface area contributed by atoms with Crippen LogP contribution >= 0.6 is 11.6 Å². The second-order valence-electron chi connectivity index (χ2n) is 8.48. The molecule has 36 heavy (non-hydrogen) atoms. The summed E-state index contributed by atoms with van der Waals surface area (Å²) in [5.74, 6) is -0.115. The van der Waals surface area contributed by atoms with Crippen LogP contribution in [0.2, 0.25) is 5.02 Å². The topological polar surface area (TPSA) is 97.2 Å². The number of hydrogen-bond donors (Lipinski definition) is 1. The van der Waals surface area contributed by atoms with Crippen LogP contribution in [0.5, 0.6) is 0 Å². The van der Waals surface area contributed by atoms with Gasteiger partial charge in [0.25, 0.3) is 15.9 Å². The summed E-state index contributed by atoms with van der Waals surface area (Å²) >= 11 is 6.62. The number of hydrogen-bond acceptors (Lipinski definition) is 6. The predicted octanol–water partition coefficient (Wildman–Crippen LogP) is 4.71. The van der Waals surface area contributed by atoms with Gasteiger partial charge in [-0.2, -0.15) is 0 Å². The number of amides is 1. The molecular formula is C26H28ClN5O3S. The molecule has 4 rings (SSSR count). The number of carbonyl (C=O) groups is 1. The minimum absolute atomic E-state index is 0.00575. The quantitative estimate of drug-likeness (QED) is 0.357. The zero-order chi connectivity index (χ0) is 26.0. The molecule has 0 saturated heterocycles. The lowest BCUT2D eigenvalue weighted by molar-refractivity contribution is 0.0977. The van der Waals surface area contributed by atoms with Crippen LogP contribution in [0.25, 0.3) is 11.2 Å². The highest BCUT2D eigenvalue weighted by Gasteiger charge is 2.21. The molecule has 1 amide bonds. The number of benzene rings is 2. The van der Waals surface area contributed by atoms with Crippen molar-refractivity contribution in [3.8, 4) is 0 Å². The Morgan fingerprint density at radius 2 is 1.69 bits per heavy atom. The summed E-state index contributed by atoms with van der Waals surface area (Å²) in [5, 5.41) is 0.624. The maximum absolute atomic E-state index is 12.8. The number of fused-ring (bicyclic) bond motifs is 1. The Labute approximate surface area is 216 Å². The molecule has 0 fully saturated rings. The zero-order valence-electron chi connectivity index (χ0n) is 20.6. The molecule has 1 N–H and O–H groups in total. The maximum Gasteiger partial charge on any atom is 0.283 e. The van der Waals surface area contributed by atoms with Gasteiger partial charge in [0, 0.05) is 23.8 Å². The first-order chi connectivity index (χ1) is 17.1. The van der Waals surface area contributed by atoms with Crippen molar-refractivity contribution >= 4 is 44.4 Å². The van der Waals surface area contributed by atoms with E-state index < -0.39 is 15.9 Å². The fourth-order valence-corrected chi connectivity index (χ4v) is 5.20. The lowest BCUT2D eigenvalue weighted by atomic mass is 10.2. The van der Waals surface area contributed by atoms with Gasteiger partial charge >= 0.3 is 0 Å². The summed E-state index contributed by atoms with van der Waals surface area (Å²) in [4.78, 5) is 24.0. The van der Waals surface area contributed by atoms with Gasteiger partial charge in [0.15, 0.2) is 5.65 Å². The lowest BCUT2D eigenvalue weighted by Crippen LogP contribution is -2.31. The second kappa shape index (κ2) is 10.3. The number of carbonyl (C=O) groups excluding carboxylic acids is 1. The third-order valence-electron chi connectivity index (χ3n) is 6.07. The standard InChI is InChI=1S/C26H28ClN5O3S/c1-5-31(6-2)20-10-9-19(22(27)15-20)16-32-18(4)28-23-13-14-24(29-25(23)32)26(33)30-36(34,35)21-11-7-17(3)8-12-21/h7-15H,5-6,16H2,1-4H3,(H,30,33). The molecule has 0 aliphatic heterocycles. The Morgan fingerprint density at radius 3 is 2.33 bits per heavy atom. The molecule has 188 valence electrons. The molecule has 0 unspecified atom stereocenters. The van der Waals surface area contributed by atoms with E-state index in [1.807, 2.05) is 36.6 Å². The van der Waals surface area contributed by atoms with Crippen LogP contribution in [0.15, 0.2) is 59.5 Å². The van der Waals surface area contributed by atoms with E-state index in [1.165, 1.54) is 18.2 Å². The summed E-state index contributed by atoms with van der Waals surface area (Å²) in [6.45, 7) is 10.1. The number of sulfonamides is 1. The second-order valence-corrected chi connectivity index (χ2v) is 10.6. The van der Waals surface area contributed by atoms with Crippen LogP contribution in [0.1, 0.15) is 41.3 Å². The van der Waals surface area contributed by atoms with Gasteiger partial charge in [0.2, 0.25) is 0 Å². The number of aryl methyl sites for hydroxylation is 2. The normalized spacial score (nSPS) is 11.6. The maximum atomic E-state index is 12.8. The van der Waals surface area contributed by atoms with Gasteiger partial charge in [0.05, 0.1) is 11.4 Å². The minimum Gasteiger partial charge on any atom is -0.372 e. The van der Waals surface area contributed by atoms with Crippen molar-refractivity contribution < 1.29 is 13.2 Å². The van der Waals surface area contributed by atoms with Crippen LogP contribution in [0.3, 0.4) is 0 Å². The molecule has 0 radical (unpaired) electrons. The Bertz CT molecular complexity index is 1530. The number of aromatic nitrogens is 3. The van der Waals surface area contributed by atoms with E-state index in [9.17, 15) is 13.2 Å². The fourth-order valence-electron chi connectivity index (χ4n) is 4.00. The summed E-state index contributed by atoms with van der Waals surface area (Å²) in [6.07, 6.45) is 0. The first-order valence-corrected chi connectivity index (χ1v) is 13.5. The van der Waals surface area contributed by atoms with E-state index in [0.29, 0.717) is 28.6 Å².